The Kier molecular flexibility index (Phi) is 2.99. The first kappa shape index (κ1) is 11.9. The molecule has 0 aromatic rings. The Morgan fingerprint density at radius 3 is 2.19 bits per heavy atom. The van der Waals surface area contributed by atoms with Crippen molar-refractivity contribution in [3.63, 3.8) is 0 Å². The van der Waals surface area contributed by atoms with Crippen LogP contribution in [0.25, 0.3) is 0 Å². The van der Waals surface area contributed by atoms with Gasteiger partial charge in [0.2, 0.25) is 0 Å². The molecule has 0 amide bonds. The fraction of sp³-hybridized carbons (Fsp3) is 0.923. The second kappa shape index (κ2) is 4.02. The van der Waals surface area contributed by atoms with Gasteiger partial charge in [0.15, 0.2) is 0 Å². The highest BCUT2D eigenvalue weighted by molar-refractivity contribution is 5.74. The summed E-state index contributed by atoms with van der Waals surface area (Å²) in [4.78, 5) is 11.2. The van der Waals surface area contributed by atoms with Crippen LogP contribution in [0.4, 0.5) is 0 Å². The van der Waals surface area contributed by atoms with Crippen LogP contribution in [-0.4, -0.2) is 17.1 Å². The standard InChI is InChI=1S/C13H23NO2/c1-8-3-10-4-9(2)6-13(5-8,7-10)11(14)12(15)16/h8-11H,3-7,14H2,1-2H3,(H,15,16). The van der Waals surface area contributed by atoms with Gasteiger partial charge in [-0.2, -0.15) is 0 Å². The molecule has 2 bridgehead atoms. The Balaban J connectivity index is 2.24. The Labute approximate surface area is 97.4 Å². The maximum atomic E-state index is 11.2. The van der Waals surface area contributed by atoms with Gasteiger partial charge >= 0.3 is 5.97 Å². The van der Waals surface area contributed by atoms with Gasteiger partial charge in [0.1, 0.15) is 6.04 Å². The van der Waals surface area contributed by atoms with Crippen molar-refractivity contribution >= 4 is 5.97 Å². The summed E-state index contributed by atoms with van der Waals surface area (Å²) in [7, 11) is 0. The topological polar surface area (TPSA) is 63.3 Å². The van der Waals surface area contributed by atoms with Crippen LogP contribution in [0.2, 0.25) is 0 Å². The summed E-state index contributed by atoms with van der Waals surface area (Å²) in [5.41, 5.74) is 5.84. The molecule has 3 unspecified atom stereocenters. The second-order valence-corrected chi connectivity index (χ2v) is 6.34. The lowest BCUT2D eigenvalue weighted by Gasteiger charge is -2.51. The van der Waals surface area contributed by atoms with Gasteiger partial charge in [-0.1, -0.05) is 13.8 Å². The number of carboxylic acid groups (broad SMARTS) is 1. The van der Waals surface area contributed by atoms with Crippen LogP contribution < -0.4 is 5.73 Å². The van der Waals surface area contributed by atoms with Gasteiger partial charge in [-0.15, -0.1) is 0 Å². The minimum Gasteiger partial charge on any atom is -0.480 e. The van der Waals surface area contributed by atoms with E-state index in [-0.39, 0.29) is 5.41 Å². The number of rotatable bonds is 2. The zero-order valence-electron chi connectivity index (χ0n) is 10.3. The molecule has 2 aliphatic rings. The first-order valence-electron chi connectivity index (χ1n) is 6.41. The Morgan fingerprint density at radius 1 is 1.25 bits per heavy atom. The molecule has 2 saturated carbocycles. The molecule has 0 saturated heterocycles. The summed E-state index contributed by atoms with van der Waals surface area (Å²) < 4.78 is 0. The molecular weight excluding hydrogens is 202 g/mol. The molecule has 0 spiro atoms. The predicted octanol–water partition coefficient (Wildman–Crippen LogP) is 2.25. The second-order valence-electron chi connectivity index (χ2n) is 6.34. The molecule has 0 aromatic heterocycles. The largest absolute Gasteiger partial charge is 0.480 e. The van der Waals surface area contributed by atoms with Gasteiger partial charge in [-0.05, 0) is 55.3 Å². The van der Waals surface area contributed by atoms with Gasteiger partial charge in [-0.3, -0.25) is 4.79 Å². The first-order chi connectivity index (χ1) is 7.43. The van der Waals surface area contributed by atoms with Crippen molar-refractivity contribution in [3.8, 4) is 0 Å². The van der Waals surface area contributed by atoms with Crippen molar-refractivity contribution in [1.82, 2.24) is 0 Å². The zero-order chi connectivity index (χ0) is 11.9. The number of carbonyl (C=O) groups is 1. The van der Waals surface area contributed by atoms with Gasteiger partial charge in [0.25, 0.3) is 0 Å². The third kappa shape index (κ3) is 1.97. The number of fused-ring (bicyclic) bond motifs is 2. The van der Waals surface area contributed by atoms with E-state index in [1.54, 1.807) is 0 Å². The molecule has 0 radical (unpaired) electrons. The summed E-state index contributed by atoms with van der Waals surface area (Å²) >= 11 is 0. The van der Waals surface area contributed by atoms with E-state index in [0.717, 1.165) is 19.3 Å². The number of hydrogen-bond acceptors (Lipinski definition) is 2. The van der Waals surface area contributed by atoms with E-state index in [1.807, 2.05) is 0 Å². The minimum atomic E-state index is -0.818. The maximum absolute atomic E-state index is 11.2. The molecule has 92 valence electrons. The Bertz CT molecular complexity index is 270. The fourth-order valence-electron chi connectivity index (χ4n) is 4.42. The molecule has 2 fully saturated rings. The van der Waals surface area contributed by atoms with E-state index in [2.05, 4.69) is 13.8 Å². The lowest BCUT2D eigenvalue weighted by Crippen LogP contribution is -2.53. The van der Waals surface area contributed by atoms with Crippen LogP contribution in [0.1, 0.15) is 46.0 Å². The summed E-state index contributed by atoms with van der Waals surface area (Å²) in [5.74, 6) is 1.16. The van der Waals surface area contributed by atoms with Crippen molar-refractivity contribution in [2.45, 2.75) is 52.0 Å². The SMILES string of the molecule is CC1CC2CC(C)CC(C(N)C(=O)O)(C1)C2. The highest BCUT2D eigenvalue weighted by Crippen LogP contribution is 2.54. The van der Waals surface area contributed by atoms with E-state index in [9.17, 15) is 9.90 Å². The molecule has 3 heteroatoms. The third-order valence-corrected chi connectivity index (χ3v) is 4.60. The van der Waals surface area contributed by atoms with Crippen LogP contribution in [-0.2, 0) is 4.79 Å². The Morgan fingerprint density at radius 2 is 1.75 bits per heavy atom. The molecule has 0 heterocycles. The molecule has 2 rings (SSSR count). The van der Waals surface area contributed by atoms with Crippen LogP contribution in [0.5, 0.6) is 0 Å². The average molecular weight is 225 g/mol. The molecule has 3 N–H and O–H groups in total. The zero-order valence-corrected chi connectivity index (χ0v) is 10.3. The van der Waals surface area contributed by atoms with E-state index in [0.29, 0.717) is 17.8 Å². The minimum absolute atomic E-state index is 0.119. The summed E-state index contributed by atoms with van der Waals surface area (Å²) in [6.45, 7) is 4.48. The molecular formula is C13H23NO2. The van der Waals surface area contributed by atoms with Gasteiger partial charge < -0.3 is 10.8 Å². The fourth-order valence-corrected chi connectivity index (χ4v) is 4.42. The van der Waals surface area contributed by atoms with Crippen LogP contribution >= 0.6 is 0 Å². The normalized spacial score (nSPS) is 45.1. The van der Waals surface area contributed by atoms with Crippen LogP contribution in [0, 0.1) is 23.2 Å². The summed E-state index contributed by atoms with van der Waals surface area (Å²) in [6, 6.07) is -0.666. The van der Waals surface area contributed by atoms with Crippen LogP contribution in [0.15, 0.2) is 0 Å². The molecule has 16 heavy (non-hydrogen) atoms. The van der Waals surface area contributed by atoms with Gasteiger partial charge in [-0.25, -0.2) is 0 Å². The predicted molar refractivity (Wildman–Crippen MR) is 62.9 cm³/mol. The highest BCUT2D eigenvalue weighted by atomic mass is 16.4. The third-order valence-electron chi connectivity index (χ3n) is 4.60. The number of aliphatic carboxylic acids is 1. The van der Waals surface area contributed by atoms with Crippen LogP contribution in [0.3, 0.4) is 0 Å². The lowest BCUT2D eigenvalue weighted by molar-refractivity contribution is -0.145. The molecule has 0 aromatic carbocycles. The summed E-state index contributed by atoms with van der Waals surface area (Å²) in [6.07, 6.45) is 5.56. The first-order valence-corrected chi connectivity index (χ1v) is 6.41. The van der Waals surface area contributed by atoms with Crippen molar-refractivity contribution in [1.29, 1.82) is 0 Å². The summed E-state index contributed by atoms with van der Waals surface area (Å²) in [5, 5.41) is 9.19. The molecule has 3 atom stereocenters. The van der Waals surface area contributed by atoms with E-state index in [1.165, 1.54) is 12.8 Å². The van der Waals surface area contributed by atoms with E-state index < -0.39 is 12.0 Å². The van der Waals surface area contributed by atoms with Crippen molar-refractivity contribution < 1.29 is 9.90 Å². The number of carboxylic acids is 1. The average Bonchev–Trinajstić information content (AvgIpc) is 2.13. The van der Waals surface area contributed by atoms with Gasteiger partial charge in [0.05, 0.1) is 0 Å². The van der Waals surface area contributed by atoms with E-state index >= 15 is 0 Å². The number of hydrogen-bond donors (Lipinski definition) is 2. The van der Waals surface area contributed by atoms with Crippen molar-refractivity contribution in [3.05, 3.63) is 0 Å². The maximum Gasteiger partial charge on any atom is 0.321 e. The lowest BCUT2D eigenvalue weighted by atomic mass is 9.54. The molecule has 2 aliphatic carbocycles. The molecule has 0 aliphatic heterocycles. The van der Waals surface area contributed by atoms with Crippen molar-refractivity contribution in [2.75, 3.05) is 0 Å². The molecule has 3 nitrogen and oxygen atoms in total. The monoisotopic (exact) mass is 225 g/mol. The van der Waals surface area contributed by atoms with Crippen molar-refractivity contribution in [2.24, 2.45) is 28.9 Å². The quantitative estimate of drug-likeness (QED) is 0.757. The highest BCUT2D eigenvalue weighted by Gasteiger charge is 2.49. The van der Waals surface area contributed by atoms with E-state index in [4.69, 9.17) is 5.73 Å². The van der Waals surface area contributed by atoms with Gasteiger partial charge in [0, 0.05) is 0 Å². The Hall–Kier alpha value is -0.570. The number of nitrogens with two attached hydrogens (primary N) is 1. The smallest absolute Gasteiger partial charge is 0.321 e.